The van der Waals surface area contributed by atoms with Gasteiger partial charge in [-0.05, 0) is 19.3 Å². The predicted molar refractivity (Wildman–Crippen MR) is 208 cm³/mol. The van der Waals surface area contributed by atoms with E-state index >= 15 is 0 Å². The molecule has 5 nitrogen and oxygen atoms in total. The quantitative estimate of drug-likeness (QED) is 0.0384. The Bertz CT molecular complexity index is 669. The Kier molecular flexibility index (Phi) is 38.1. The minimum Gasteiger partial charge on any atom is -0.394 e. The van der Waals surface area contributed by atoms with E-state index in [1.165, 1.54) is 180 Å². The Morgan fingerprint density at radius 1 is 0.500 bits per heavy atom. The van der Waals surface area contributed by atoms with Gasteiger partial charge in [-0.3, -0.25) is 4.79 Å². The van der Waals surface area contributed by atoms with Gasteiger partial charge in [-0.25, -0.2) is 0 Å². The molecule has 5 heteroatoms. The number of hydrogen-bond acceptors (Lipinski definition) is 4. The number of aliphatic hydroxyl groups excluding tert-OH is 3. The summed E-state index contributed by atoms with van der Waals surface area (Å²) in [7, 11) is 0. The highest BCUT2D eigenvalue weighted by Gasteiger charge is 2.22. The van der Waals surface area contributed by atoms with Gasteiger partial charge in [0.25, 0.3) is 0 Å². The highest BCUT2D eigenvalue weighted by molar-refractivity contribution is 5.80. The SMILES string of the molecule is CCCCCCCCC/C=C/C(O)C(CO)NC(=O)C(O)CCCCCCCCCCCCCCCCCCCCCCCCCCC. The van der Waals surface area contributed by atoms with Crippen LogP contribution >= 0.6 is 0 Å². The summed E-state index contributed by atoms with van der Waals surface area (Å²) in [4.78, 5) is 12.4. The maximum Gasteiger partial charge on any atom is 0.249 e. The summed E-state index contributed by atoms with van der Waals surface area (Å²) in [6.07, 6.45) is 45.5. The molecule has 0 aliphatic carbocycles. The minimum atomic E-state index is -1.09. The van der Waals surface area contributed by atoms with Crippen LogP contribution in [0, 0.1) is 0 Å². The Balaban J connectivity index is 3.52. The van der Waals surface area contributed by atoms with Crippen LogP contribution in [0.1, 0.15) is 232 Å². The van der Waals surface area contributed by atoms with Crippen molar-refractivity contribution in [2.24, 2.45) is 0 Å². The zero-order chi connectivity index (χ0) is 35.2. The van der Waals surface area contributed by atoms with E-state index in [9.17, 15) is 20.1 Å². The van der Waals surface area contributed by atoms with Crippen molar-refractivity contribution in [1.82, 2.24) is 5.32 Å². The lowest BCUT2D eigenvalue weighted by atomic mass is 10.0. The first-order valence-electron chi connectivity index (χ1n) is 21.5. The van der Waals surface area contributed by atoms with Crippen LogP contribution in [-0.2, 0) is 4.79 Å². The number of carbonyl (C=O) groups excluding carboxylic acids is 1. The number of allylic oxidation sites excluding steroid dienone is 1. The highest BCUT2D eigenvalue weighted by Crippen LogP contribution is 2.16. The minimum absolute atomic E-state index is 0.360. The molecule has 286 valence electrons. The molecule has 0 saturated heterocycles. The van der Waals surface area contributed by atoms with E-state index in [-0.39, 0.29) is 6.61 Å². The van der Waals surface area contributed by atoms with Crippen molar-refractivity contribution in [3.8, 4) is 0 Å². The van der Waals surface area contributed by atoms with Gasteiger partial charge in [0.05, 0.1) is 18.8 Å². The summed E-state index contributed by atoms with van der Waals surface area (Å²) >= 11 is 0. The number of rotatable bonds is 39. The van der Waals surface area contributed by atoms with Gasteiger partial charge in [0, 0.05) is 0 Å². The molecular formula is C43H85NO4. The zero-order valence-corrected chi connectivity index (χ0v) is 32.4. The molecule has 3 atom stereocenters. The summed E-state index contributed by atoms with van der Waals surface area (Å²) in [5.74, 6) is -0.502. The van der Waals surface area contributed by atoms with E-state index in [1.54, 1.807) is 6.08 Å². The Morgan fingerprint density at radius 3 is 1.15 bits per heavy atom. The maximum absolute atomic E-state index is 12.4. The molecule has 48 heavy (non-hydrogen) atoms. The first kappa shape index (κ1) is 47.1. The van der Waals surface area contributed by atoms with Crippen molar-refractivity contribution in [3.05, 3.63) is 12.2 Å². The monoisotopic (exact) mass is 680 g/mol. The summed E-state index contributed by atoms with van der Waals surface area (Å²) in [5, 5.41) is 32.9. The average molecular weight is 680 g/mol. The maximum atomic E-state index is 12.4. The Morgan fingerprint density at radius 2 is 0.812 bits per heavy atom. The Labute approximate surface area is 299 Å². The van der Waals surface area contributed by atoms with Crippen molar-refractivity contribution in [1.29, 1.82) is 0 Å². The van der Waals surface area contributed by atoms with E-state index < -0.39 is 24.2 Å². The molecule has 0 spiro atoms. The number of hydrogen-bond donors (Lipinski definition) is 4. The van der Waals surface area contributed by atoms with Gasteiger partial charge >= 0.3 is 0 Å². The van der Waals surface area contributed by atoms with Gasteiger partial charge < -0.3 is 20.6 Å². The van der Waals surface area contributed by atoms with Crippen LogP contribution in [0.5, 0.6) is 0 Å². The normalized spacial score (nSPS) is 13.7. The molecule has 0 heterocycles. The largest absolute Gasteiger partial charge is 0.394 e. The fraction of sp³-hybridized carbons (Fsp3) is 0.930. The van der Waals surface area contributed by atoms with Crippen LogP contribution < -0.4 is 5.32 Å². The summed E-state index contributed by atoms with van der Waals surface area (Å²) in [6.45, 7) is 4.16. The molecule has 0 rings (SSSR count). The van der Waals surface area contributed by atoms with Crippen LogP contribution in [0.3, 0.4) is 0 Å². The van der Waals surface area contributed by atoms with Gasteiger partial charge in [0.1, 0.15) is 6.10 Å². The zero-order valence-electron chi connectivity index (χ0n) is 32.4. The third-order valence-corrected chi connectivity index (χ3v) is 10.1. The van der Waals surface area contributed by atoms with Crippen LogP contribution in [0.25, 0.3) is 0 Å². The average Bonchev–Trinajstić information content (AvgIpc) is 3.09. The molecule has 0 aliphatic heterocycles. The van der Waals surface area contributed by atoms with Gasteiger partial charge in [0.15, 0.2) is 0 Å². The molecule has 0 aromatic carbocycles. The highest BCUT2D eigenvalue weighted by atomic mass is 16.3. The number of aliphatic hydroxyl groups is 3. The lowest BCUT2D eigenvalue weighted by Gasteiger charge is -2.21. The van der Waals surface area contributed by atoms with Gasteiger partial charge in [-0.1, -0.05) is 225 Å². The van der Waals surface area contributed by atoms with Crippen LogP contribution in [0.2, 0.25) is 0 Å². The molecule has 3 unspecified atom stereocenters. The number of amides is 1. The molecule has 0 aliphatic rings. The molecule has 1 amide bonds. The second-order valence-electron chi connectivity index (χ2n) is 14.9. The molecule has 0 aromatic rings. The summed E-state index contributed by atoms with van der Waals surface area (Å²) < 4.78 is 0. The van der Waals surface area contributed by atoms with Gasteiger partial charge in [0.2, 0.25) is 5.91 Å². The number of nitrogens with one attached hydrogen (secondary N) is 1. The molecule has 0 bridgehead atoms. The van der Waals surface area contributed by atoms with Crippen LogP contribution in [0.15, 0.2) is 12.2 Å². The molecule has 0 saturated carbocycles. The molecule has 0 radical (unpaired) electrons. The van der Waals surface area contributed by atoms with Crippen molar-refractivity contribution >= 4 is 5.91 Å². The third kappa shape index (κ3) is 33.6. The second-order valence-corrected chi connectivity index (χ2v) is 14.9. The van der Waals surface area contributed by atoms with Gasteiger partial charge in [-0.2, -0.15) is 0 Å². The lowest BCUT2D eigenvalue weighted by molar-refractivity contribution is -0.131. The molecule has 0 aromatic heterocycles. The van der Waals surface area contributed by atoms with E-state index in [1.807, 2.05) is 6.08 Å². The number of unbranched alkanes of at least 4 members (excludes halogenated alkanes) is 31. The fourth-order valence-electron chi connectivity index (χ4n) is 6.71. The predicted octanol–water partition coefficient (Wildman–Crippen LogP) is 12.0. The van der Waals surface area contributed by atoms with Crippen molar-refractivity contribution in [2.75, 3.05) is 6.61 Å². The topological polar surface area (TPSA) is 89.8 Å². The van der Waals surface area contributed by atoms with Gasteiger partial charge in [-0.15, -0.1) is 0 Å². The first-order chi connectivity index (χ1) is 23.6. The fourth-order valence-corrected chi connectivity index (χ4v) is 6.71. The molecule has 0 fully saturated rings. The van der Waals surface area contributed by atoms with Crippen molar-refractivity contribution in [2.45, 2.75) is 250 Å². The molecule has 4 N–H and O–H groups in total. The third-order valence-electron chi connectivity index (χ3n) is 10.1. The van der Waals surface area contributed by atoms with Crippen LogP contribution in [-0.4, -0.2) is 46.1 Å². The van der Waals surface area contributed by atoms with E-state index in [0.717, 1.165) is 32.1 Å². The van der Waals surface area contributed by atoms with Crippen LogP contribution in [0.4, 0.5) is 0 Å². The summed E-state index contributed by atoms with van der Waals surface area (Å²) in [5.41, 5.74) is 0. The van der Waals surface area contributed by atoms with E-state index in [2.05, 4.69) is 19.2 Å². The molecular weight excluding hydrogens is 594 g/mol. The smallest absolute Gasteiger partial charge is 0.249 e. The lowest BCUT2D eigenvalue weighted by Crippen LogP contribution is -2.48. The second kappa shape index (κ2) is 38.9. The number of carbonyl (C=O) groups is 1. The summed E-state index contributed by atoms with van der Waals surface area (Å²) in [6, 6.07) is -0.790. The Hall–Kier alpha value is -0.910. The first-order valence-corrected chi connectivity index (χ1v) is 21.5. The standard InChI is InChI=1S/C43H85NO4/c1-3-5-7-9-11-13-14-15-16-17-18-19-20-21-22-23-24-25-26-27-28-30-32-34-36-38-42(47)43(48)44-40(39-45)41(46)37-35-33-31-29-12-10-8-6-4-2/h35,37,40-42,45-47H,3-34,36,38-39H2,1-2H3,(H,44,48)/b37-35+. The van der Waals surface area contributed by atoms with E-state index in [0.29, 0.717) is 6.42 Å². The van der Waals surface area contributed by atoms with Crippen molar-refractivity contribution in [3.63, 3.8) is 0 Å². The van der Waals surface area contributed by atoms with E-state index in [4.69, 9.17) is 0 Å². The van der Waals surface area contributed by atoms with Crippen molar-refractivity contribution < 1.29 is 20.1 Å².